The summed E-state index contributed by atoms with van der Waals surface area (Å²) in [7, 11) is 0. The van der Waals surface area contributed by atoms with Gasteiger partial charge in [0, 0.05) is 6.42 Å². The Morgan fingerprint density at radius 1 is 2.00 bits per heavy atom. The fourth-order valence-corrected chi connectivity index (χ4v) is 1.20. The Morgan fingerprint density at radius 2 is 2.78 bits per heavy atom. The monoisotopic (exact) mass is 238 g/mol. The van der Waals surface area contributed by atoms with E-state index >= 15 is 0 Å². The summed E-state index contributed by atoms with van der Waals surface area (Å²) in [5.41, 5.74) is 0. The molecule has 0 amide bonds. The summed E-state index contributed by atoms with van der Waals surface area (Å²) >= 11 is 2.21. The number of halogens is 1. The molecule has 1 aliphatic heterocycles. The van der Waals surface area contributed by atoms with Crippen molar-refractivity contribution >= 4 is 28.9 Å². The summed E-state index contributed by atoms with van der Waals surface area (Å²) < 4.78 is 6.01. The molecule has 1 atom stereocenters. The Balaban J connectivity index is 2.39. The topological polar surface area (TPSA) is 26.3 Å². The maximum absolute atomic E-state index is 10.1. The van der Waals surface area contributed by atoms with Gasteiger partial charge >= 0.3 is 0 Å². The molecular formula is C6H7IO2. The Bertz CT molecular complexity index is 142. The smallest absolute Gasteiger partial charge is 0.160 e. The maximum atomic E-state index is 10.1. The quantitative estimate of drug-likeness (QED) is 0.411. The molecule has 0 saturated carbocycles. The number of hydrogen-bond acceptors (Lipinski definition) is 2. The largest absolute Gasteiger partial charge is 0.487 e. The molecular weight excluding hydrogens is 231 g/mol. The number of rotatable bonds is 2. The summed E-state index contributed by atoms with van der Waals surface area (Å²) in [4.78, 5) is 10.1. The van der Waals surface area contributed by atoms with Crippen LogP contribution < -0.4 is 0 Å². The molecule has 0 aliphatic carbocycles. The van der Waals surface area contributed by atoms with Crippen molar-refractivity contribution in [2.45, 2.75) is 12.5 Å². The van der Waals surface area contributed by atoms with Crippen molar-refractivity contribution in [3.63, 3.8) is 0 Å². The number of carbonyl (C=O) groups is 1. The summed E-state index contributed by atoms with van der Waals surface area (Å²) in [6.07, 6.45) is 3.36. The first-order valence-electron chi connectivity index (χ1n) is 2.73. The fourth-order valence-electron chi connectivity index (χ4n) is 0.708. The Morgan fingerprint density at radius 3 is 3.11 bits per heavy atom. The lowest BCUT2D eigenvalue weighted by atomic mass is 10.3. The maximum Gasteiger partial charge on any atom is 0.160 e. The van der Waals surface area contributed by atoms with E-state index in [0.717, 1.165) is 22.9 Å². The zero-order chi connectivity index (χ0) is 6.69. The van der Waals surface area contributed by atoms with Gasteiger partial charge in [-0.2, -0.15) is 0 Å². The lowest BCUT2D eigenvalue weighted by Crippen LogP contribution is -2.06. The zero-order valence-corrected chi connectivity index (χ0v) is 7.00. The van der Waals surface area contributed by atoms with E-state index in [0.29, 0.717) is 0 Å². The standard InChI is InChI=1S/C6H7IO2/c7-3-5-1-2-6(4-8)9-5/h1,4,6H,2-3H2. The van der Waals surface area contributed by atoms with E-state index in [1.165, 1.54) is 0 Å². The first kappa shape index (κ1) is 7.05. The third-order valence-electron chi connectivity index (χ3n) is 1.16. The highest BCUT2D eigenvalue weighted by Gasteiger charge is 2.14. The number of aldehydes is 1. The first-order chi connectivity index (χ1) is 4.36. The first-order valence-corrected chi connectivity index (χ1v) is 4.26. The van der Waals surface area contributed by atoms with Crippen LogP contribution in [0.1, 0.15) is 6.42 Å². The van der Waals surface area contributed by atoms with Crippen molar-refractivity contribution in [1.82, 2.24) is 0 Å². The molecule has 0 aromatic carbocycles. The van der Waals surface area contributed by atoms with Crippen LogP contribution in [0.15, 0.2) is 11.8 Å². The van der Waals surface area contributed by atoms with E-state index in [2.05, 4.69) is 22.6 Å². The molecule has 0 fully saturated rings. The van der Waals surface area contributed by atoms with Gasteiger partial charge in [0.1, 0.15) is 5.76 Å². The van der Waals surface area contributed by atoms with Crippen LogP contribution in [0.2, 0.25) is 0 Å². The molecule has 1 rings (SSSR count). The van der Waals surface area contributed by atoms with Gasteiger partial charge in [0.05, 0.1) is 4.43 Å². The second-order valence-corrected chi connectivity index (χ2v) is 2.59. The van der Waals surface area contributed by atoms with E-state index < -0.39 is 0 Å². The predicted molar refractivity (Wildman–Crippen MR) is 42.5 cm³/mol. The number of allylic oxidation sites excluding steroid dienone is 1. The normalized spacial score (nSPS) is 25.0. The van der Waals surface area contributed by atoms with Crippen LogP contribution in [0, 0.1) is 0 Å². The van der Waals surface area contributed by atoms with Gasteiger partial charge in [-0.3, -0.25) is 4.79 Å². The summed E-state index contributed by atoms with van der Waals surface area (Å²) in [5, 5.41) is 0. The lowest BCUT2D eigenvalue weighted by Gasteiger charge is -2.02. The van der Waals surface area contributed by atoms with E-state index in [-0.39, 0.29) is 6.10 Å². The molecule has 50 valence electrons. The lowest BCUT2D eigenvalue weighted by molar-refractivity contribution is -0.114. The van der Waals surface area contributed by atoms with E-state index in [4.69, 9.17) is 4.74 Å². The highest BCUT2D eigenvalue weighted by atomic mass is 127. The Hall–Kier alpha value is -0.0600. The van der Waals surface area contributed by atoms with Gasteiger partial charge in [-0.15, -0.1) is 0 Å². The summed E-state index contributed by atoms with van der Waals surface area (Å²) in [6, 6.07) is 0. The van der Waals surface area contributed by atoms with E-state index in [1.807, 2.05) is 6.08 Å². The minimum Gasteiger partial charge on any atom is -0.487 e. The Labute approximate surface area is 67.4 Å². The van der Waals surface area contributed by atoms with Gasteiger partial charge in [0.15, 0.2) is 12.4 Å². The summed E-state index contributed by atoms with van der Waals surface area (Å²) in [5.74, 6) is 0.938. The molecule has 0 aromatic heterocycles. The fraction of sp³-hybridized carbons (Fsp3) is 0.500. The number of hydrogen-bond donors (Lipinski definition) is 0. The van der Waals surface area contributed by atoms with Gasteiger partial charge in [-0.1, -0.05) is 22.6 Å². The molecule has 0 saturated heterocycles. The van der Waals surface area contributed by atoms with Gasteiger partial charge in [-0.25, -0.2) is 0 Å². The third kappa shape index (κ3) is 1.67. The molecule has 1 heterocycles. The minimum absolute atomic E-state index is 0.199. The SMILES string of the molecule is O=CC1CC=C(CI)O1. The average Bonchev–Trinajstić information content (AvgIpc) is 2.34. The average molecular weight is 238 g/mol. The van der Waals surface area contributed by atoms with Crippen molar-refractivity contribution in [1.29, 1.82) is 0 Å². The van der Waals surface area contributed by atoms with Crippen LogP contribution in [-0.4, -0.2) is 16.8 Å². The highest BCUT2D eigenvalue weighted by molar-refractivity contribution is 14.1. The van der Waals surface area contributed by atoms with Crippen molar-refractivity contribution in [2.75, 3.05) is 4.43 Å². The van der Waals surface area contributed by atoms with Gasteiger partial charge in [-0.05, 0) is 6.08 Å². The minimum atomic E-state index is -0.199. The van der Waals surface area contributed by atoms with Crippen LogP contribution >= 0.6 is 22.6 Å². The van der Waals surface area contributed by atoms with Crippen molar-refractivity contribution in [3.8, 4) is 0 Å². The van der Waals surface area contributed by atoms with E-state index in [9.17, 15) is 4.79 Å². The van der Waals surface area contributed by atoms with Crippen LogP contribution in [-0.2, 0) is 9.53 Å². The van der Waals surface area contributed by atoms with Crippen LogP contribution in [0.5, 0.6) is 0 Å². The third-order valence-corrected chi connectivity index (χ3v) is 1.92. The second-order valence-electron chi connectivity index (χ2n) is 1.83. The molecule has 0 spiro atoms. The van der Waals surface area contributed by atoms with Crippen molar-refractivity contribution in [2.24, 2.45) is 0 Å². The molecule has 1 unspecified atom stereocenters. The molecule has 1 aliphatic rings. The molecule has 0 N–H and O–H groups in total. The molecule has 2 nitrogen and oxygen atoms in total. The van der Waals surface area contributed by atoms with Crippen molar-refractivity contribution in [3.05, 3.63) is 11.8 Å². The van der Waals surface area contributed by atoms with Gasteiger partial charge in [0.25, 0.3) is 0 Å². The number of ether oxygens (including phenoxy) is 1. The summed E-state index contributed by atoms with van der Waals surface area (Å²) in [6.45, 7) is 0. The van der Waals surface area contributed by atoms with Crippen LogP contribution in [0.3, 0.4) is 0 Å². The molecule has 0 bridgehead atoms. The zero-order valence-electron chi connectivity index (χ0n) is 4.84. The molecule has 0 radical (unpaired) electrons. The number of alkyl halides is 1. The van der Waals surface area contributed by atoms with E-state index in [1.54, 1.807) is 0 Å². The van der Waals surface area contributed by atoms with Crippen LogP contribution in [0.25, 0.3) is 0 Å². The number of carbonyl (C=O) groups excluding carboxylic acids is 1. The van der Waals surface area contributed by atoms with Gasteiger partial charge in [0.2, 0.25) is 0 Å². The van der Waals surface area contributed by atoms with Crippen LogP contribution in [0.4, 0.5) is 0 Å². The molecule has 9 heavy (non-hydrogen) atoms. The molecule has 0 aromatic rings. The second kappa shape index (κ2) is 3.20. The predicted octanol–water partition coefficient (Wildman–Crippen LogP) is 1.29. The molecule has 3 heteroatoms. The Kier molecular flexibility index (Phi) is 2.50. The highest BCUT2D eigenvalue weighted by Crippen LogP contribution is 2.16. The van der Waals surface area contributed by atoms with Crippen molar-refractivity contribution < 1.29 is 9.53 Å². The van der Waals surface area contributed by atoms with Gasteiger partial charge < -0.3 is 4.74 Å².